The number of hydrogen-bond acceptors (Lipinski definition) is 2. The number of nitrogens with one attached hydrogen (secondary N) is 2. The monoisotopic (exact) mass is 234 g/mol. The van der Waals surface area contributed by atoms with Gasteiger partial charge >= 0.3 is 0 Å². The first-order valence-electron chi connectivity index (χ1n) is 4.93. The molecule has 0 aliphatic rings. The van der Waals surface area contributed by atoms with Crippen LogP contribution >= 0.6 is 11.6 Å². The van der Waals surface area contributed by atoms with E-state index in [4.69, 9.17) is 11.6 Å². The van der Waals surface area contributed by atoms with E-state index in [-0.39, 0.29) is 29.7 Å². The third kappa shape index (κ3) is 7.19. The molecule has 0 fully saturated rings. The van der Waals surface area contributed by atoms with Crippen molar-refractivity contribution in [2.24, 2.45) is 0 Å². The van der Waals surface area contributed by atoms with Gasteiger partial charge in [-0.3, -0.25) is 9.59 Å². The Morgan fingerprint density at radius 1 is 1.33 bits per heavy atom. The van der Waals surface area contributed by atoms with Crippen LogP contribution in [0.15, 0.2) is 0 Å². The SMILES string of the molecule is CC(NC(=O)CCCl)C(=O)NC(C)(C)C. The highest BCUT2D eigenvalue weighted by Gasteiger charge is 2.20. The van der Waals surface area contributed by atoms with Gasteiger partial charge in [0, 0.05) is 17.8 Å². The molecule has 0 radical (unpaired) electrons. The molecule has 0 heterocycles. The molecule has 0 aromatic rings. The summed E-state index contributed by atoms with van der Waals surface area (Å²) >= 11 is 5.40. The Bertz CT molecular complexity index is 236. The second kappa shape index (κ2) is 5.95. The minimum Gasteiger partial charge on any atom is -0.350 e. The van der Waals surface area contributed by atoms with Crippen molar-refractivity contribution in [2.45, 2.75) is 45.7 Å². The zero-order valence-electron chi connectivity index (χ0n) is 9.69. The van der Waals surface area contributed by atoms with Crippen molar-refractivity contribution in [2.75, 3.05) is 5.88 Å². The Hall–Kier alpha value is -0.770. The lowest BCUT2D eigenvalue weighted by molar-refractivity contribution is -0.129. The molecule has 2 amide bonds. The van der Waals surface area contributed by atoms with E-state index in [1.807, 2.05) is 20.8 Å². The normalized spacial score (nSPS) is 13.1. The maximum absolute atomic E-state index is 11.5. The highest BCUT2D eigenvalue weighted by atomic mass is 35.5. The summed E-state index contributed by atoms with van der Waals surface area (Å²) in [6.45, 7) is 7.31. The second-order valence-corrected chi connectivity index (χ2v) is 4.85. The second-order valence-electron chi connectivity index (χ2n) is 4.47. The van der Waals surface area contributed by atoms with Gasteiger partial charge in [-0.2, -0.15) is 0 Å². The molecule has 2 N–H and O–H groups in total. The maximum atomic E-state index is 11.5. The van der Waals surface area contributed by atoms with Gasteiger partial charge in [-0.25, -0.2) is 0 Å². The molecule has 5 heteroatoms. The van der Waals surface area contributed by atoms with Crippen molar-refractivity contribution in [3.05, 3.63) is 0 Å². The predicted octanol–water partition coefficient (Wildman–Crippen LogP) is 1.03. The maximum Gasteiger partial charge on any atom is 0.242 e. The average molecular weight is 235 g/mol. The summed E-state index contributed by atoms with van der Waals surface area (Å²) in [7, 11) is 0. The zero-order chi connectivity index (χ0) is 12.1. The lowest BCUT2D eigenvalue weighted by atomic mass is 10.1. The molecule has 0 aromatic heterocycles. The van der Waals surface area contributed by atoms with Crippen LogP contribution < -0.4 is 10.6 Å². The fraction of sp³-hybridized carbons (Fsp3) is 0.800. The number of carbonyl (C=O) groups excluding carboxylic acids is 2. The predicted molar refractivity (Wildman–Crippen MR) is 60.8 cm³/mol. The molecule has 88 valence electrons. The molecular weight excluding hydrogens is 216 g/mol. The summed E-state index contributed by atoms with van der Waals surface area (Å²) in [6.07, 6.45) is 0.231. The molecule has 0 rings (SSSR count). The van der Waals surface area contributed by atoms with Gasteiger partial charge in [-0.05, 0) is 27.7 Å². The van der Waals surface area contributed by atoms with Crippen LogP contribution in [0.5, 0.6) is 0 Å². The molecule has 1 unspecified atom stereocenters. The van der Waals surface area contributed by atoms with Crippen LogP contribution in [0.2, 0.25) is 0 Å². The molecule has 4 nitrogen and oxygen atoms in total. The number of amides is 2. The van der Waals surface area contributed by atoms with E-state index in [1.165, 1.54) is 0 Å². The van der Waals surface area contributed by atoms with Gasteiger partial charge in [0.25, 0.3) is 0 Å². The highest BCUT2D eigenvalue weighted by molar-refractivity contribution is 6.18. The molecule has 15 heavy (non-hydrogen) atoms. The Morgan fingerprint density at radius 2 is 1.87 bits per heavy atom. The van der Waals surface area contributed by atoms with E-state index < -0.39 is 6.04 Å². The van der Waals surface area contributed by atoms with Gasteiger partial charge in [-0.1, -0.05) is 0 Å². The molecule has 1 atom stereocenters. The Morgan fingerprint density at radius 3 is 2.27 bits per heavy atom. The third-order valence-electron chi connectivity index (χ3n) is 1.59. The Kier molecular flexibility index (Phi) is 5.65. The summed E-state index contributed by atoms with van der Waals surface area (Å²) < 4.78 is 0. The largest absolute Gasteiger partial charge is 0.350 e. The van der Waals surface area contributed by atoms with Crippen molar-refractivity contribution >= 4 is 23.4 Å². The van der Waals surface area contributed by atoms with Gasteiger partial charge in [0.1, 0.15) is 6.04 Å². The van der Waals surface area contributed by atoms with Crippen LogP contribution in [-0.2, 0) is 9.59 Å². The Labute approximate surface area is 95.7 Å². The number of alkyl halides is 1. The van der Waals surface area contributed by atoms with Crippen LogP contribution in [0, 0.1) is 0 Å². The zero-order valence-corrected chi connectivity index (χ0v) is 10.4. The molecule has 0 spiro atoms. The molecule has 0 bridgehead atoms. The van der Waals surface area contributed by atoms with Gasteiger partial charge in [0.05, 0.1) is 0 Å². The summed E-state index contributed by atoms with van der Waals surface area (Å²) in [5.41, 5.74) is -0.289. The van der Waals surface area contributed by atoms with Crippen LogP contribution in [-0.4, -0.2) is 29.3 Å². The lowest BCUT2D eigenvalue weighted by Crippen LogP contribution is -2.50. The highest BCUT2D eigenvalue weighted by Crippen LogP contribution is 1.99. The molecule has 0 aromatic carbocycles. The molecule has 0 saturated carbocycles. The molecular formula is C10H19ClN2O2. The molecule has 0 aliphatic heterocycles. The standard InChI is InChI=1S/C10H19ClN2O2/c1-7(12-8(14)5-6-11)9(15)13-10(2,3)4/h7H,5-6H2,1-4H3,(H,12,14)(H,13,15). The van der Waals surface area contributed by atoms with E-state index >= 15 is 0 Å². The number of rotatable bonds is 4. The van der Waals surface area contributed by atoms with Crippen LogP contribution in [0.3, 0.4) is 0 Å². The first-order chi connectivity index (χ1) is 6.76. The fourth-order valence-corrected chi connectivity index (χ4v) is 1.11. The number of carbonyl (C=O) groups is 2. The topological polar surface area (TPSA) is 58.2 Å². The molecule has 0 aliphatic carbocycles. The number of hydrogen-bond donors (Lipinski definition) is 2. The van der Waals surface area contributed by atoms with Crippen molar-refractivity contribution < 1.29 is 9.59 Å². The van der Waals surface area contributed by atoms with E-state index in [9.17, 15) is 9.59 Å². The van der Waals surface area contributed by atoms with Gasteiger partial charge in [0.2, 0.25) is 11.8 Å². The first-order valence-corrected chi connectivity index (χ1v) is 5.47. The first kappa shape index (κ1) is 14.2. The average Bonchev–Trinajstić information content (AvgIpc) is 2.00. The van der Waals surface area contributed by atoms with Crippen molar-refractivity contribution in [1.82, 2.24) is 10.6 Å². The van der Waals surface area contributed by atoms with Gasteiger partial charge in [-0.15, -0.1) is 11.6 Å². The summed E-state index contributed by atoms with van der Waals surface area (Å²) in [5, 5.41) is 5.35. The van der Waals surface area contributed by atoms with Crippen LogP contribution in [0.25, 0.3) is 0 Å². The van der Waals surface area contributed by atoms with Crippen LogP contribution in [0.4, 0.5) is 0 Å². The van der Waals surface area contributed by atoms with Gasteiger partial charge in [0.15, 0.2) is 0 Å². The fourth-order valence-electron chi connectivity index (χ4n) is 0.943. The van der Waals surface area contributed by atoms with Gasteiger partial charge < -0.3 is 10.6 Å². The Balaban J connectivity index is 4.05. The summed E-state index contributed by atoms with van der Waals surface area (Å²) in [5.74, 6) is -0.133. The quantitative estimate of drug-likeness (QED) is 0.714. The minimum atomic E-state index is -0.528. The van der Waals surface area contributed by atoms with E-state index in [0.29, 0.717) is 0 Å². The van der Waals surface area contributed by atoms with E-state index in [2.05, 4.69) is 10.6 Å². The molecule has 0 saturated heterocycles. The summed E-state index contributed by atoms with van der Waals surface area (Å²) in [6, 6.07) is -0.528. The summed E-state index contributed by atoms with van der Waals surface area (Å²) in [4.78, 5) is 22.7. The van der Waals surface area contributed by atoms with E-state index in [1.54, 1.807) is 6.92 Å². The van der Waals surface area contributed by atoms with Crippen molar-refractivity contribution in [3.63, 3.8) is 0 Å². The smallest absolute Gasteiger partial charge is 0.242 e. The van der Waals surface area contributed by atoms with Crippen molar-refractivity contribution in [3.8, 4) is 0 Å². The lowest BCUT2D eigenvalue weighted by Gasteiger charge is -2.23. The third-order valence-corrected chi connectivity index (χ3v) is 1.78. The van der Waals surface area contributed by atoms with E-state index in [0.717, 1.165) is 0 Å². The minimum absolute atomic E-state index is 0.189. The van der Waals surface area contributed by atoms with Crippen molar-refractivity contribution in [1.29, 1.82) is 0 Å². The van der Waals surface area contributed by atoms with Crippen LogP contribution in [0.1, 0.15) is 34.1 Å². The number of halogens is 1.